The average molecular weight is 347 g/mol. The highest BCUT2D eigenvalue weighted by Crippen LogP contribution is 2.30. The largest absolute Gasteiger partial charge is 0.493 e. The van der Waals surface area contributed by atoms with Gasteiger partial charge >= 0.3 is 0 Å². The lowest BCUT2D eigenvalue weighted by molar-refractivity contribution is -0.688. The van der Waals surface area contributed by atoms with Gasteiger partial charge in [0.2, 0.25) is 0 Å². The molecule has 136 valence electrons. The van der Waals surface area contributed by atoms with Gasteiger partial charge in [-0.2, -0.15) is 0 Å². The lowest BCUT2D eigenvalue weighted by Crippen LogP contribution is -2.80. The standard InChI is InChI=1S/C19H26N2O4/c1-19(2,3)21-17(22)13-25-18-14(7-5-9-16(18)23-4)11-20-12-15-8-6-10-24-15/h5-10,20H,11-13H2,1-4H3,(H,21,22)/p+1. The molecule has 3 N–H and O–H groups in total. The molecule has 0 saturated heterocycles. The fourth-order valence-electron chi connectivity index (χ4n) is 2.44. The van der Waals surface area contributed by atoms with Gasteiger partial charge in [0, 0.05) is 5.54 Å². The molecule has 0 aliphatic heterocycles. The number of benzene rings is 1. The second kappa shape index (κ2) is 8.58. The summed E-state index contributed by atoms with van der Waals surface area (Å²) in [4.78, 5) is 12.0. The van der Waals surface area contributed by atoms with Crippen molar-refractivity contribution >= 4 is 5.91 Å². The van der Waals surface area contributed by atoms with Crippen molar-refractivity contribution in [3.8, 4) is 11.5 Å². The third-order valence-corrected chi connectivity index (χ3v) is 3.43. The van der Waals surface area contributed by atoms with Crippen molar-refractivity contribution in [3.63, 3.8) is 0 Å². The number of nitrogens with two attached hydrogens (primary N) is 1. The van der Waals surface area contributed by atoms with E-state index in [-0.39, 0.29) is 18.1 Å². The molecule has 2 aromatic rings. The van der Waals surface area contributed by atoms with Crippen molar-refractivity contribution in [2.75, 3.05) is 13.7 Å². The molecule has 1 heterocycles. The van der Waals surface area contributed by atoms with Crippen LogP contribution in [0.5, 0.6) is 11.5 Å². The Kier molecular flexibility index (Phi) is 6.47. The number of quaternary nitrogens is 1. The molecule has 0 saturated carbocycles. The van der Waals surface area contributed by atoms with Crippen LogP contribution in [0.15, 0.2) is 41.0 Å². The van der Waals surface area contributed by atoms with Gasteiger partial charge in [0.15, 0.2) is 23.9 Å². The van der Waals surface area contributed by atoms with E-state index in [1.807, 2.05) is 51.1 Å². The number of carbonyl (C=O) groups excluding carboxylic acids is 1. The van der Waals surface area contributed by atoms with Crippen LogP contribution in [0.2, 0.25) is 0 Å². The van der Waals surface area contributed by atoms with E-state index in [9.17, 15) is 4.79 Å². The molecule has 0 fully saturated rings. The second-order valence-electron chi connectivity index (χ2n) is 6.81. The van der Waals surface area contributed by atoms with E-state index in [1.54, 1.807) is 13.4 Å². The first-order valence-electron chi connectivity index (χ1n) is 8.33. The van der Waals surface area contributed by atoms with E-state index < -0.39 is 0 Å². The van der Waals surface area contributed by atoms with Gasteiger partial charge in [-0.25, -0.2) is 0 Å². The number of rotatable bonds is 8. The molecule has 0 unspecified atom stereocenters. The number of para-hydroxylation sites is 1. The molecule has 6 nitrogen and oxygen atoms in total. The first kappa shape index (κ1) is 18.9. The van der Waals surface area contributed by atoms with Crippen molar-refractivity contribution < 1.29 is 24.0 Å². The van der Waals surface area contributed by atoms with Crippen LogP contribution in [0, 0.1) is 0 Å². The molecule has 2 rings (SSSR count). The van der Waals surface area contributed by atoms with Gasteiger partial charge in [-0.15, -0.1) is 0 Å². The van der Waals surface area contributed by atoms with E-state index in [0.29, 0.717) is 18.0 Å². The Labute approximate surface area is 148 Å². The first-order chi connectivity index (χ1) is 11.9. The van der Waals surface area contributed by atoms with Crippen molar-refractivity contribution in [1.82, 2.24) is 5.32 Å². The highest BCUT2D eigenvalue weighted by molar-refractivity contribution is 5.78. The van der Waals surface area contributed by atoms with Gasteiger partial charge in [-0.1, -0.05) is 6.07 Å². The first-order valence-corrected chi connectivity index (χ1v) is 8.33. The molecule has 0 bridgehead atoms. The van der Waals surface area contributed by atoms with Gasteiger partial charge in [0.25, 0.3) is 5.91 Å². The van der Waals surface area contributed by atoms with E-state index >= 15 is 0 Å². The Hall–Kier alpha value is -2.47. The van der Waals surface area contributed by atoms with Gasteiger partial charge in [0.05, 0.1) is 18.9 Å². The number of furan rings is 1. The van der Waals surface area contributed by atoms with Crippen LogP contribution in [0.1, 0.15) is 32.1 Å². The van der Waals surface area contributed by atoms with Crippen LogP contribution < -0.4 is 20.1 Å². The minimum atomic E-state index is -0.291. The molecule has 1 aromatic carbocycles. The van der Waals surface area contributed by atoms with Crippen molar-refractivity contribution in [3.05, 3.63) is 47.9 Å². The summed E-state index contributed by atoms with van der Waals surface area (Å²) in [6.45, 7) is 7.17. The van der Waals surface area contributed by atoms with Crippen molar-refractivity contribution in [2.24, 2.45) is 0 Å². The fourth-order valence-corrected chi connectivity index (χ4v) is 2.44. The summed E-state index contributed by atoms with van der Waals surface area (Å²) in [5.74, 6) is 1.97. The number of ether oxygens (including phenoxy) is 2. The van der Waals surface area contributed by atoms with Gasteiger partial charge in [-0.05, 0) is 45.0 Å². The highest BCUT2D eigenvalue weighted by atomic mass is 16.5. The Morgan fingerprint density at radius 3 is 2.64 bits per heavy atom. The Bertz CT molecular complexity index is 675. The van der Waals surface area contributed by atoms with Crippen LogP contribution in [-0.2, 0) is 17.9 Å². The average Bonchev–Trinajstić information content (AvgIpc) is 3.05. The molecule has 1 amide bonds. The predicted octanol–water partition coefficient (Wildman–Crippen LogP) is 1.85. The summed E-state index contributed by atoms with van der Waals surface area (Å²) in [5, 5.41) is 4.99. The van der Waals surface area contributed by atoms with Crippen molar-refractivity contribution in [2.45, 2.75) is 39.4 Å². The van der Waals surface area contributed by atoms with Crippen LogP contribution >= 0.6 is 0 Å². The third kappa shape index (κ3) is 6.15. The maximum absolute atomic E-state index is 12.0. The zero-order valence-electron chi connectivity index (χ0n) is 15.3. The number of methoxy groups -OCH3 is 1. The highest BCUT2D eigenvalue weighted by Gasteiger charge is 2.17. The van der Waals surface area contributed by atoms with Gasteiger partial charge < -0.3 is 24.5 Å². The number of nitrogens with one attached hydrogen (secondary N) is 1. The molecule has 0 radical (unpaired) electrons. The number of amides is 1. The normalized spacial score (nSPS) is 11.2. The number of hydrogen-bond acceptors (Lipinski definition) is 4. The quantitative estimate of drug-likeness (QED) is 0.764. The molecular weight excluding hydrogens is 320 g/mol. The SMILES string of the molecule is COc1cccc(C[NH2+]Cc2ccco2)c1OCC(=O)NC(C)(C)C. The number of hydrogen-bond donors (Lipinski definition) is 2. The third-order valence-electron chi connectivity index (χ3n) is 3.43. The predicted molar refractivity (Wildman–Crippen MR) is 94.4 cm³/mol. The topological polar surface area (TPSA) is 77.3 Å². The summed E-state index contributed by atoms with van der Waals surface area (Å²) in [6, 6.07) is 9.52. The minimum Gasteiger partial charge on any atom is -0.493 e. The molecule has 0 spiro atoms. The Balaban J connectivity index is 2.00. The fraction of sp³-hybridized carbons (Fsp3) is 0.421. The van der Waals surface area contributed by atoms with E-state index in [1.165, 1.54) is 0 Å². The molecule has 1 aromatic heterocycles. The maximum Gasteiger partial charge on any atom is 0.258 e. The van der Waals surface area contributed by atoms with E-state index in [4.69, 9.17) is 13.9 Å². The summed E-state index contributed by atoms with van der Waals surface area (Å²) in [6.07, 6.45) is 1.66. The van der Waals surface area contributed by atoms with Gasteiger partial charge in [0.1, 0.15) is 13.1 Å². The zero-order chi connectivity index (χ0) is 18.3. The smallest absolute Gasteiger partial charge is 0.258 e. The van der Waals surface area contributed by atoms with Crippen LogP contribution in [0.25, 0.3) is 0 Å². The van der Waals surface area contributed by atoms with Crippen molar-refractivity contribution in [1.29, 1.82) is 0 Å². The summed E-state index contributed by atoms with van der Waals surface area (Å²) in [5.41, 5.74) is 0.676. The number of carbonyl (C=O) groups is 1. The van der Waals surface area contributed by atoms with E-state index in [0.717, 1.165) is 17.9 Å². The molecule has 0 aliphatic carbocycles. The lowest BCUT2D eigenvalue weighted by Gasteiger charge is -2.21. The molecular formula is C19H27N2O4+. The molecule has 25 heavy (non-hydrogen) atoms. The maximum atomic E-state index is 12.0. The summed E-state index contributed by atoms with van der Waals surface area (Å²) < 4.78 is 16.5. The molecule has 6 heteroatoms. The lowest BCUT2D eigenvalue weighted by atomic mass is 10.1. The van der Waals surface area contributed by atoms with E-state index in [2.05, 4.69) is 10.6 Å². The summed E-state index contributed by atoms with van der Waals surface area (Å²) in [7, 11) is 1.59. The summed E-state index contributed by atoms with van der Waals surface area (Å²) >= 11 is 0. The van der Waals surface area contributed by atoms with Gasteiger partial charge in [-0.3, -0.25) is 4.79 Å². The van der Waals surface area contributed by atoms with Crippen LogP contribution in [0.3, 0.4) is 0 Å². The molecule has 0 atom stereocenters. The second-order valence-corrected chi connectivity index (χ2v) is 6.81. The zero-order valence-corrected chi connectivity index (χ0v) is 15.3. The Morgan fingerprint density at radius 2 is 2.00 bits per heavy atom. The van der Waals surface area contributed by atoms with Crippen LogP contribution in [-0.4, -0.2) is 25.2 Å². The minimum absolute atomic E-state index is 0.0528. The monoisotopic (exact) mass is 347 g/mol. The molecule has 0 aliphatic rings. The Morgan fingerprint density at radius 1 is 1.20 bits per heavy atom. The van der Waals surface area contributed by atoms with Crippen LogP contribution in [0.4, 0.5) is 0 Å².